The molecule has 0 unspecified atom stereocenters. The van der Waals surface area contributed by atoms with Crippen molar-refractivity contribution in [2.75, 3.05) is 0 Å². The Morgan fingerprint density at radius 2 is 1.60 bits per heavy atom. The van der Waals surface area contributed by atoms with Gasteiger partial charge in [0.2, 0.25) is 0 Å². The average Bonchev–Trinajstić information content (AvgIpc) is 3.01. The monoisotopic (exact) mass is 296 g/mol. The van der Waals surface area contributed by atoms with Crippen LogP contribution in [-0.2, 0) is 0 Å². The van der Waals surface area contributed by atoms with Crippen LogP contribution >= 0.6 is 22.7 Å². The average molecular weight is 295 g/mol. The van der Waals surface area contributed by atoms with Crippen LogP contribution in [0.15, 0.2) is 46.0 Å². The SMILES string of the molecule is c1csc(-c2cc[se]c2-c2cccs2)c1. The van der Waals surface area contributed by atoms with Gasteiger partial charge in [0.05, 0.1) is 0 Å². The third kappa shape index (κ3) is 1.77. The van der Waals surface area contributed by atoms with Crippen LogP contribution < -0.4 is 0 Å². The summed E-state index contributed by atoms with van der Waals surface area (Å²) in [4.78, 5) is 5.15. The van der Waals surface area contributed by atoms with Crippen molar-refractivity contribution in [1.82, 2.24) is 0 Å². The predicted molar refractivity (Wildman–Crippen MR) is 70.0 cm³/mol. The molecule has 3 heterocycles. The van der Waals surface area contributed by atoms with Gasteiger partial charge in [-0.3, -0.25) is 0 Å². The third-order valence-electron chi connectivity index (χ3n) is 2.20. The summed E-state index contributed by atoms with van der Waals surface area (Å²) in [7, 11) is 0. The molecule has 0 fully saturated rings. The molecule has 0 bridgehead atoms. The minimum atomic E-state index is 0.518. The quantitative estimate of drug-likeness (QED) is 0.622. The Morgan fingerprint density at radius 1 is 0.867 bits per heavy atom. The summed E-state index contributed by atoms with van der Waals surface area (Å²) >= 11 is 4.19. The number of hydrogen-bond acceptors (Lipinski definition) is 2. The van der Waals surface area contributed by atoms with Gasteiger partial charge in [0, 0.05) is 0 Å². The van der Waals surface area contributed by atoms with Crippen LogP contribution in [0.2, 0.25) is 0 Å². The van der Waals surface area contributed by atoms with Gasteiger partial charge >= 0.3 is 103 Å². The van der Waals surface area contributed by atoms with Crippen molar-refractivity contribution in [3.8, 4) is 19.8 Å². The summed E-state index contributed by atoms with van der Waals surface area (Å²) in [6.07, 6.45) is 0. The zero-order chi connectivity index (χ0) is 10.1. The van der Waals surface area contributed by atoms with Crippen LogP contribution in [0, 0.1) is 0 Å². The second-order valence-corrected chi connectivity index (χ2v) is 6.94. The summed E-state index contributed by atoms with van der Waals surface area (Å²) in [6, 6.07) is 11.0. The van der Waals surface area contributed by atoms with Gasteiger partial charge in [-0.2, -0.15) is 0 Å². The van der Waals surface area contributed by atoms with Crippen LogP contribution in [0.3, 0.4) is 0 Å². The van der Waals surface area contributed by atoms with Crippen molar-refractivity contribution >= 4 is 37.2 Å². The van der Waals surface area contributed by atoms with Gasteiger partial charge in [0.15, 0.2) is 0 Å². The van der Waals surface area contributed by atoms with Gasteiger partial charge in [-0.05, 0) is 0 Å². The van der Waals surface area contributed by atoms with Crippen molar-refractivity contribution in [2.45, 2.75) is 0 Å². The molecule has 0 aliphatic rings. The number of hydrogen-bond donors (Lipinski definition) is 0. The van der Waals surface area contributed by atoms with Crippen molar-refractivity contribution in [3.05, 3.63) is 46.0 Å². The molecule has 0 aromatic carbocycles. The van der Waals surface area contributed by atoms with E-state index < -0.39 is 0 Å². The molecule has 0 amide bonds. The Balaban J connectivity index is 2.15. The van der Waals surface area contributed by atoms with E-state index in [1.807, 2.05) is 22.7 Å². The standard InChI is InChI=1S/C12H8S2Se/c1-3-10(13-6-1)9-5-8-15-12(9)11-4-2-7-14-11/h1-8H. The molecular weight excluding hydrogens is 287 g/mol. The van der Waals surface area contributed by atoms with Gasteiger partial charge in [-0.15, -0.1) is 0 Å². The molecule has 0 aliphatic carbocycles. The summed E-state index contributed by atoms with van der Waals surface area (Å²) < 4.78 is 1.54. The molecule has 0 saturated heterocycles. The van der Waals surface area contributed by atoms with Gasteiger partial charge < -0.3 is 0 Å². The molecule has 0 spiro atoms. The Morgan fingerprint density at radius 3 is 2.27 bits per heavy atom. The first-order chi connectivity index (χ1) is 7.45. The molecule has 0 aliphatic heterocycles. The Kier molecular flexibility index (Phi) is 2.63. The Labute approximate surface area is 103 Å². The van der Waals surface area contributed by atoms with Crippen LogP contribution in [0.5, 0.6) is 0 Å². The molecule has 3 heteroatoms. The maximum atomic E-state index is 2.32. The van der Waals surface area contributed by atoms with Crippen LogP contribution in [0.25, 0.3) is 19.8 Å². The molecule has 0 nitrogen and oxygen atoms in total. The van der Waals surface area contributed by atoms with Gasteiger partial charge in [0.1, 0.15) is 0 Å². The molecule has 0 N–H and O–H groups in total. The Hall–Kier alpha value is -0.601. The third-order valence-corrected chi connectivity index (χ3v) is 6.27. The van der Waals surface area contributed by atoms with E-state index in [2.05, 4.69) is 46.0 Å². The van der Waals surface area contributed by atoms with Gasteiger partial charge in [-0.25, -0.2) is 0 Å². The van der Waals surface area contributed by atoms with E-state index >= 15 is 0 Å². The number of rotatable bonds is 2. The molecule has 0 saturated carbocycles. The molecule has 3 aromatic rings. The van der Waals surface area contributed by atoms with Crippen molar-refractivity contribution in [1.29, 1.82) is 0 Å². The summed E-state index contributed by atoms with van der Waals surface area (Å²) in [5.74, 6) is 0. The van der Waals surface area contributed by atoms with E-state index in [4.69, 9.17) is 0 Å². The second-order valence-electron chi connectivity index (χ2n) is 3.12. The van der Waals surface area contributed by atoms with Crippen LogP contribution in [0.4, 0.5) is 0 Å². The van der Waals surface area contributed by atoms with Crippen molar-refractivity contribution in [3.63, 3.8) is 0 Å². The second kappa shape index (κ2) is 4.11. The first-order valence-corrected chi connectivity index (χ1v) is 8.21. The molecule has 3 aromatic heterocycles. The first kappa shape index (κ1) is 9.61. The zero-order valence-electron chi connectivity index (χ0n) is 7.84. The van der Waals surface area contributed by atoms with Crippen LogP contribution in [-0.4, -0.2) is 14.5 Å². The number of thiophene rings is 2. The maximum absolute atomic E-state index is 2.32. The van der Waals surface area contributed by atoms with Gasteiger partial charge in [0.25, 0.3) is 0 Å². The fraction of sp³-hybridized carbons (Fsp3) is 0. The summed E-state index contributed by atoms with van der Waals surface area (Å²) in [5.41, 5.74) is 1.44. The van der Waals surface area contributed by atoms with E-state index in [1.165, 1.54) is 15.3 Å². The molecule has 74 valence electrons. The molecule has 3 rings (SSSR count). The summed E-state index contributed by atoms with van der Waals surface area (Å²) in [6.45, 7) is 0. The van der Waals surface area contributed by atoms with Crippen molar-refractivity contribution in [2.24, 2.45) is 0 Å². The zero-order valence-corrected chi connectivity index (χ0v) is 11.2. The van der Waals surface area contributed by atoms with E-state index in [1.54, 1.807) is 4.44 Å². The minimum absolute atomic E-state index is 0.518. The normalized spacial score (nSPS) is 10.7. The topological polar surface area (TPSA) is 0 Å². The molecule has 0 radical (unpaired) electrons. The first-order valence-electron chi connectivity index (χ1n) is 4.60. The predicted octanol–water partition coefficient (Wildman–Crippen LogP) is 4.20. The van der Waals surface area contributed by atoms with E-state index in [0.29, 0.717) is 14.5 Å². The Bertz CT molecular complexity index is 483. The van der Waals surface area contributed by atoms with Crippen LogP contribution in [0.1, 0.15) is 0 Å². The van der Waals surface area contributed by atoms with Gasteiger partial charge in [-0.1, -0.05) is 0 Å². The fourth-order valence-electron chi connectivity index (χ4n) is 1.53. The molecule has 15 heavy (non-hydrogen) atoms. The molecular formula is C12H8S2Se. The fourth-order valence-corrected chi connectivity index (χ4v) is 5.41. The van der Waals surface area contributed by atoms with E-state index in [9.17, 15) is 0 Å². The van der Waals surface area contributed by atoms with Crippen molar-refractivity contribution < 1.29 is 0 Å². The summed E-state index contributed by atoms with van der Waals surface area (Å²) in [5, 5.41) is 4.30. The van der Waals surface area contributed by atoms with E-state index in [0.717, 1.165) is 0 Å². The van der Waals surface area contributed by atoms with E-state index in [-0.39, 0.29) is 0 Å². The molecule has 0 atom stereocenters.